The largest absolute Gasteiger partial charge is 0.478 e. The molecule has 0 unspecified atom stereocenters. The van der Waals surface area contributed by atoms with Crippen molar-refractivity contribution in [2.75, 3.05) is 6.61 Å². The molecule has 1 N–H and O–H groups in total. The minimum Gasteiger partial charge on any atom is -0.478 e. The van der Waals surface area contributed by atoms with E-state index in [2.05, 4.69) is 21.9 Å². The Kier molecular flexibility index (Phi) is 2.40. The molecule has 0 aliphatic rings. The van der Waals surface area contributed by atoms with Gasteiger partial charge in [-0.25, -0.2) is 9.97 Å². The Morgan fingerprint density at radius 2 is 2.24 bits per heavy atom. The highest BCUT2D eigenvalue weighted by molar-refractivity contribution is 6.05. The Balaban J connectivity index is 2.16. The van der Waals surface area contributed by atoms with Crippen LogP contribution in [-0.2, 0) is 0 Å². The van der Waals surface area contributed by atoms with Gasteiger partial charge in [-0.05, 0) is 18.6 Å². The van der Waals surface area contributed by atoms with Crippen LogP contribution in [0.1, 0.15) is 13.3 Å². The van der Waals surface area contributed by atoms with Gasteiger partial charge in [-0.3, -0.25) is 0 Å². The third-order valence-electron chi connectivity index (χ3n) is 2.68. The molecule has 0 atom stereocenters. The van der Waals surface area contributed by atoms with Gasteiger partial charge in [0, 0.05) is 23.0 Å². The summed E-state index contributed by atoms with van der Waals surface area (Å²) in [5.74, 6) is 0.670. The van der Waals surface area contributed by atoms with E-state index in [1.807, 2.05) is 18.2 Å². The van der Waals surface area contributed by atoms with E-state index in [0.29, 0.717) is 12.5 Å². The molecule has 3 aromatic rings. The summed E-state index contributed by atoms with van der Waals surface area (Å²) in [5.41, 5.74) is 1.87. The Hall–Kier alpha value is -2.10. The summed E-state index contributed by atoms with van der Waals surface area (Å²) in [6.07, 6.45) is 4.55. The summed E-state index contributed by atoms with van der Waals surface area (Å²) < 4.78 is 5.54. The van der Waals surface area contributed by atoms with Crippen LogP contribution in [0.3, 0.4) is 0 Å². The Morgan fingerprint density at radius 3 is 3.12 bits per heavy atom. The lowest BCUT2D eigenvalue weighted by molar-refractivity contribution is 0.306. The molecule has 0 aromatic carbocycles. The number of hydrogen-bond donors (Lipinski definition) is 1. The van der Waals surface area contributed by atoms with Crippen LogP contribution < -0.4 is 4.74 Å². The van der Waals surface area contributed by atoms with Crippen LogP contribution in [0.2, 0.25) is 0 Å². The third-order valence-corrected chi connectivity index (χ3v) is 2.68. The van der Waals surface area contributed by atoms with Crippen molar-refractivity contribution in [3.8, 4) is 5.88 Å². The lowest BCUT2D eigenvalue weighted by Crippen LogP contribution is -1.96. The normalized spacial score (nSPS) is 11.1. The standard InChI is InChI=1S/C13H13N3O/c1-2-6-17-12-7-10-9-4-3-5-14-13(9)16-11(10)8-15-12/h3-5,7-8H,2,6H2,1H3,(H,14,16). The highest BCUT2D eigenvalue weighted by Crippen LogP contribution is 2.25. The fourth-order valence-electron chi connectivity index (χ4n) is 1.89. The minimum absolute atomic E-state index is 0.670. The van der Waals surface area contributed by atoms with Gasteiger partial charge < -0.3 is 9.72 Å². The number of aromatic amines is 1. The fraction of sp³-hybridized carbons (Fsp3) is 0.231. The molecular formula is C13H13N3O. The van der Waals surface area contributed by atoms with E-state index in [4.69, 9.17) is 4.74 Å². The number of rotatable bonds is 3. The molecule has 0 amide bonds. The number of nitrogens with one attached hydrogen (secondary N) is 1. The zero-order valence-corrected chi connectivity index (χ0v) is 9.60. The molecular weight excluding hydrogens is 214 g/mol. The van der Waals surface area contributed by atoms with E-state index >= 15 is 0 Å². The van der Waals surface area contributed by atoms with Crippen molar-refractivity contribution < 1.29 is 4.74 Å². The van der Waals surface area contributed by atoms with Crippen molar-refractivity contribution in [1.29, 1.82) is 0 Å². The fourth-order valence-corrected chi connectivity index (χ4v) is 1.89. The van der Waals surface area contributed by atoms with Crippen molar-refractivity contribution in [1.82, 2.24) is 15.0 Å². The minimum atomic E-state index is 0.670. The molecule has 17 heavy (non-hydrogen) atoms. The molecule has 0 radical (unpaired) electrons. The van der Waals surface area contributed by atoms with Crippen molar-refractivity contribution in [2.45, 2.75) is 13.3 Å². The maximum Gasteiger partial charge on any atom is 0.213 e. The lowest BCUT2D eigenvalue weighted by atomic mass is 10.2. The molecule has 4 heteroatoms. The molecule has 0 bridgehead atoms. The first-order valence-corrected chi connectivity index (χ1v) is 5.73. The Morgan fingerprint density at radius 1 is 1.29 bits per heavy atom. The van der Waals surface area contributed by atoms with Crippen LogP contribution in [0.15, 0.2) is 30.6 Å². The lowest BCUT2D eigenvalue weighted by Gasteiger charge is -2.02. The van der Waals surface area contributed by atoms with Crippen molar-refractivity contribution in [2.24, 2.45) is 0 Å². The smallest absolute Gasteiger partial charge is 0.213 e. The van der Waals surface area contributed by atoms with Gasteiger partial charge >= 0.3 is 0 Å². The molecule has 0 fully saturated rings. The van der Waals surface area contributed by atoms with E-state index in [-0.39, 0.29) is 0 Å². The van der Waals surface area contributed by atoms with Gasteiger partial charge in [0.25, 0.3) is 0 Å². The molecule has 0 aliphatic carbocycles. The third kappa shape index (κ3) is 1.71. The molecule has 3 aromatic heterocycles. The van der Waals surface area contributed by atoms with Crippen LogP contribution in [0, 0.1) is 0 Å². The molecule has 0 aliphatic heterocycles. The summed E-state index contributed by atoms with van der Waals surface area (Å²) in [6.45, 7) is 2.77. The summed E-state index contributed by atoms with van der Waals surface area (Å²) in [4.78, 5) is 11.8. The van der Waals surface area contributed by atoms with E-state index in [0.717, 1.165) is 28.4 Å². The van der Waals surface area contributed by atoms with Gasteiger partial charge in [-0.1, -0.05) is 6.92 Å². The van der Waals surface area contributed by atoms with E-state index < -0.39 is 0 Å². The zero-order chi connectivity index (χ0) is 11.7. The molecule has 4 nitrogen and oxygen atoms in total. The van der Waals surface area contributed by atoms with E-state index in [1.54, 1.807) is 12.4 Å². The van der Waals surface area contributed by atoms with Gasteiger partial charge in [0.05, 0.1) is 18.3 Å². The predicted molar refractivity (Wildman–Crippen MR) is 67.2 cm³/mol. The number of nitrogens with zero attached hydrogens (tertiary/aromatic N) is 2. The van der Waals surface area contributed by atoms with Gasteiger partial charge in [0.1, 0.15) is 5.65 Å². The Labute approximate surface area is 98.7 Å². The topological polar surface area (TPSA) is 50.8 Å². The molecule has 3 heterocycles. The van der Waals surface area contributed by atoms with Gasteiger partial charge in [-0.15, -0.1) is 0 Å². The van der Waals surface area contributed by atoms with Crippen molar-refractivity contribution in [3.63, 3.8) is 0 Å². The number of H-pyrrole nitrogens is 1. The Bertz CT molecular complexity index is 660. The SMILES string of the molecule is CCCOc1cc2c(cn1)[nH]c1ncccc12. The number of pyridine rings is 2. The van der Waals surface area contributed by atoms with Gasteiger partial charge in [0.2, 0.25) is 5.88 Å². The second kappa shape index (κ2) is 4.05. The van der Waals surface area contributed by atoms with Crippen LogP contribution >= 0.6 is 0 Å². The second-order valence-corrected chi connectivity index (χ2v) is 3.94. The first kappa shape index (κ1) is 10.1. The van der Waals surface area contributed by atoms with E-state index in [9.17, 15) is 0 Å². The van der Waals surface area contributed by atoms with Crippen LogP contribution in [-0.4, -0.2) is 21.6 Å². The highest BCUT2D eigenvalue weighted by atomic mass is 16.5. The first-order valence-electron chi connectivity index (χ1n) is 5.73. The summed E-state index contributed by atoms with van der Waals surface area (Å²) in [5, 5.41) is 2.21. The summed E-state index contributed by atoms with van der Waals surface area (Å²) >= 11 is 0. The van der Waals surface area contributed by atoms with E-state index in [1.165, 1.54) is 0 Å². The maximum absolute atomic E-state index is 5.54. The number of fused-ring (bicyclic) bond motifs is 3. The molecule has 0 spiro atoms. The molecule has 0 saturated carbocycles. The number of ether oxygens (including phenoxy) is 1. The number of aromatic nitrogens is 3. The van der Waals surface area contributed by atoms with Crippen molar-refractivity contribution >= 4 is 21.9 Å². The molecule has 86 valence electrons. The zero-order valence-electron chi connectivity index (χ0n) is 9.60. The molecule has 3 rings (SSSR count). The highest BCUT2D eigenvalue weighted by Gasteiger charge is 2.06. The van der Waals surface area contributed by atoms with Crippen LogP contribution in [0.5, 0.6) is 5.88 Å². The quantitative estimate of drug-likeness (QED) is 0.748. The second-order valence-electron chi connectivity index (χ2n) is 3.94. The van der Waals surface area contributed by atoms with Gasteiger partial charge in [-0.2, -0.15) is 0 Å². The number of hydrogen-bond acceptors (Lipinski definition) is 3. The summed E-state index contributed by atoms with van der Waals surface area (Å²) in [6, 6.07) is 5.94. The van der Waals surface area contributed by atoms with Gasteiger partial charge in [0.15, 0.2) is 0 Å². The maximum atomic E-state index is 5.54. The molecule has 0 saturated heterocycles. The van der Waals surface area contributed by atoms with Crippen molar-refractivity contribution in [3.05, 3.63) is 30.6 Å². The van der Waals surface area contributed by atoms with Crippen LogP contribution in [0.4, 0.5) is 0 Å². The summed E-state index contributed by atoms with van der Waals surface area (Å²) in [7, 11) is 0. The average Bonchev–Trinajstić information content (AvgIpc) is 2.74. The predicted octanol–water partition coefficient (Wildman–Crippen LogP) is 2.90. The van der Waals surface area contributed by atoms with Crippen LogP contribution in [0.25, 0.3) is 21.9 Å². The average molecular weight is 227 g/mol. The first-order chi connectivity index (χ1) is 8.38. The monoisotopic (exact) mass is 227 g/mol.